The smallest absolute Gasteiger partial charge is 0.0900 e. The average molecular weight is 268 g/mol. The summed E-state index contributed by atoms with van der Waals surface area (Å²) in [6, 6.07) is 0. The fraction of sp³-hybridized carbons (Fsp3) is 0.769. The number of nitrogens with zero attached hydrogens (tertiary/aromatic N) is 4. The molecule has 1 aliphatic rings. The van der Waals surface area contributed by atoms with Crippen LogP contribution < -0.4 is 0 Å². The molecular formula is C13H24N4O2. The van der Waals surface area contributed by atoms with Gasteiger partial charge >= 0.3 is 0 Å². The van der Waals surface area contributed by atoms with Crippen molar-refractivity contribution in [3.05, 3.63) is 17.5 Å². The molecule has 0 unspecified atom stereocenters. The third-order valence-electron chi connectivity index (χ3n) is 3.35. The molecular weight excluding hydrogens is 244 g/mol. The first-order valence-corrected chi connectivity index (χ1v) is 6.67. The second kappa shape index (κ2) is 6.47. The molecule has 0 amide bonds. The standard InChI is InChI=1S/C13H24N4O2/c1-15(2)7-11-6-14-17-5-4-16(9-13(11)17)8-12(18)10-19-3/h6,12,18H,4-5,7-10H2,1-3H3/t12-/m1/s1. The molecule has 0 radical (unpaired) electrons. The zero-order valence-electron chi connectivity index (χ0n) is 12.0. The number of fused-ring (bicyclic) bond motifs is 1. The Bertz CT molecular complexity index is 405. The Labute approximate surface area is 114 Å². The van der Waals surface area contributed by atoms with Crippen LogP contribution in [0, 0.1) is 0 Å². The minimum Gasteiger partial charge on any atom is -0.389 e. The molecule has 6 nitrogen and oxygen atoms in total. The Morgan fingerprint density at radius 2 is 2.26 bits per heavy atom. The van der Waals surface area contributed by atoms with Crippen LogP contribution in [0.4, 0.5) is 0 Å². The lowest BCUT2D eigenvalue weighted by Gasteiger charge is -2.30. The molecule has 1 aromatic heterocycles. The second-order valence-corrected chi connectivity index (χ2v) is 5.42. The summed E-state index contributed by atoms with van der Waals surface area (Å²) in [5, 5.41) is 14.3. The van der Waals surface area contributed by atoms with E-state index in [9.17, 15) is 5.11 Å². The highest BCUT2D eigenvalue weighted by Gasteiger charge is 2.22. The summed E-state index contributed by atoms with van der Waals surface area (Å²) in [6.07, 6.45) is 1.54. The molecule has 0 bridgehead atoms. The molecule has 0 aromatic carbocycles. The van der Waals surface area contributed by atoms with Crippen molar-refractivity contribution in [2.45, 2.75) is 25.7 Å². The molecule has 0 saturated carbocycles. The lowest BCUT2D eigenvalue weighted by atomic mass is 10.2. The van der Waals surface area contributed by atoms with Crippen LogP contribution in [0.2, 0.25) is 0 Å². The molecule has 0 aliphatic carbocycles. The lowest BCUT2D eigenvalue weighted by Crippen LogP contribution is -2.40. The van der Waals surface area contributed by atoms with Crippen LogP contribution >= 0.6 is 0 Å². The van der Waals surface area contributed by atoms with Crippen molar-refractivity contribution in [3.8, 4) is 0 Å². The van der Waals surface area contributed by atoms with Crippen LogP contribution in [-0.2, 0) is 24.4 Å². The number of aliphatic hydroxyl groups excluding tert-OH is 1. The van der Waals surface area contributed by atoms with Crippen LogP contribution in [0.1, 0.15) is 11.3 Å². The van der Waals surface area contributed by atoms with Gasteiger partial charge in [-0.2, -0.15) is 5.10 Å². The number of aromatic nitrogens is 2. The van der Waals surface area contributed by atoms with Gasteiger partial charge in [0, 0.05) is 38.9 Å². The molecule has 19 heavy (non-hydrogen) atoms. The zero-order chi connectivity index (χ0) is 13.8. The first kappa shape index (κ1) is 14.5. The van der Waals surface area contributed by atoms with Crippen molar-refractivity contribution in [2.24, 2.45) is 0 Å². The Morgan fingerprint density at radius 3 is 2.95 bits per heavy atom. The molecule has 1 aliphatic heterocycles. The van der Waals surface area contributed by atoms with Gasteiger partial charge in [-0.1, -0.05) is 0 Å². The number of hydrogen-bond donors (Lipinski definition) is 1. The molecule has 0 spiro atoms. The summed E-state index contributed by atoms with van der Waals surface area (Å²) in [6.45, 7) is 4.62. The summed E-state index contributed by atoms with van der Waals surface area (Å²) in [4.78, 5) is 4.41. The monoisotopic (exact) mass is 268 g/mol. The van der Waals surface area contributed by atoms with Crippen LogP contribution in [0.25, 0.3) is 0 Å². The number of rotatable bonds is 6. The first-order valence-electron chi connectivity index (χ1n) is 6.67. The van der Waals surface area contributed by atoms with Gasteiger partial charge in [0.15, 0.2) is 0 Å². The maximum atomic E-state index is 9.82. The van der Waals surface area contributed by atoms with Gasteiger partial charge in [-0.05, 0) is 14.1 Å². The third-order valence-corrected chi connectivity index (χ3v) is 3.35. The van der Waals surface area contributed by atoms with Crippen LogP contribution in [0.15, 0.2) is 6.20 Å². The fourth-order valence-corrected chi connectivity index (χ4v) is 2.52. The van der Waals surface area contributed by atoms with E-state index in [4.69, 9.17) is 4.74 Å². The van der Waals surface area contributed by atoms with Gasteiger partial charge in [0.2, 0.25) is 0 Å². The highest BCUT2D eigenvalue weighted by Crippen LogP contribution is 2.17. The number of β-amino-alcohol motifs (C(OH)–C–C–N with tert-alkyl or cyclic N) is 1. The molecule has 108 valence electrons. The van der Waals surface area contributed by atoms with Crippen molar-refractivity contribution < 1.29 is 9.84 Å². The van der Waals surface area contributed by atoms with Crippen molar-refractivity contribution >= 4 is 0 Å². The predicted molar refractivity (Wildman–Crippen MR) is 72.8 cm³/mol. The van der Waals surface area contributed by atoms with Crippen molar-refractivity contribution in [2.75, 3.05) is 40.9 Å². The first-order chi connectivity index (χ1) is 9.10. The summed E-state index contributed by atoms with van der Waals surface area (Å²) >= 11 is 0. The maximum absolute atomic E-state index is 9.82. The van der Waals surface area contributed by atoms with E-state index in [1.807, 2.05) is 6.20 Å². The van der Waals surface area contributed by atoms with E-state index >= 15 is 0 Å². The van der Waals surface area contributed by atoms with E-state index in [1.54, 1.807) is 7.11 Å². The third kappa shape index (κ3) is 3.76. The second-order valence-electron chi connectivity index (χ2n) is 5.42. The van der Waals surface area contributed by atoms with E-state index in [0.29, 0.717) is 13.2 Å². The minimum atomic E-state index is -0.420. The normalized spacial score (nSPS) is 17.7. The van der Waals surface area contributed by atoms with E-state index < -0.39 is 6.10 Å². The summed E-state index contributed by atoms with van der Waals surface area (Å²) in [5.41, 5.74) is 2.54. The Hall–Kier alpha value is -0.950. The molecule has 6 heteroatoms. The van der Waals surface area contributed by atoms with E-state index in [-0.39, 0.29) is 0 Å². The van der Waals surface area contributed by atoms with Gasteiger partial charge in [0.1, 0.15) is 0 Å². The van der Waals surface area contributed by atoms with Gasteiger partial charge in [-0.3, -0.25) is 9.58 Å². The molecule has 1 atom stereocenters. The van der Waals surface area contributed by atoms with Crippen LogP contribution in [-0.4, -0.2) is 71.7 Å². The maximum Gasteiger partial charge on any atom is 0.0900 e. The number of methoxy groups -OCH3 is 1. The highest BCUT2D eigenvalue weighted by molar-refractivity contribution is 5.19. The number of hydrogen-bond acceptors (Lipinski definition) is 5. The average Bonchev–Trinajstić information content (AvgIpc) is 2.72. The molecule has 0 fully saturated rings. The van der Waals surface area contributed by atoms with E-state index in [0.717, 1.165) is 26.2 Å². The van der Waals surface area contributed by atoms with Gasteiger partial charge in [0.05, 0.1) is 31.1 Å². The molecule has 2 rings (SSSR count). The lowest BCUT2D eigenvalue weighted by molar-refractivity contribution is 0.0307. The SMILES string of the molecule is COC[C@H](O)CN1CCn2ncc(CN(C)C)c2C1. The van der Waals surface area contributed by atoms with Crippen molar-refractivity contribution in [3.63, 3.8) is 0 Å². The molecule has 1 N–H and O–H groups in total. The Balaban J connectivity index is 1.99. The van der Waals surface area contributed by atoms with E-state index in [1.165, 1.54) is 11.3 Å². The fourth-order valence-electron chi connectivity index (χ4n) is 2.52. The Morgan fingerprint density at radius 1 is 1.47 bits per heavy atom. The van der Waals surface area contributed by atoms with E-state index in [2.05, 4.69) is 33.7 Å². The van der Waals surface area contributed by atoms with Crippen molar-refractivity contribution in [1.82, 2.24) is 19.6 Å². The van der Waals surface area contributed by atoms with Gasteiger partial charge in [-0.25, -0.2) is 0 Å². The number of aliphatic hydroxyl groups is 1. The largest absolute Gasteiger partial charge is 0.389 e. The summed E-state index contributed by atoms with van der Waals surface area (Å²) in [7, 11) is 5.74. The molecule has 0 saturated heterocycles. The topological polar surface area (TPSA) is 53.8 Å². The van der Waals surface area contributed by atoms with Crippen LogP contribution in [0.3, 0.4) is 0 Å². The summed E-state index contributed by atoms with van der Waals surface area (Å²) in [5.74, 6) is 0. The quantitative estimate of drug-likeness (QED) is 0.772. The van der Waals surface area contributed by atoms with Gasteiger partial charge in [0.25, 0.3) is 0 Å². The van der Waals surface area contributed by atoms with Crippen LogP contribution in [0.5, 0.6) is 0 Å². The zero-order valence-corrected chi connectivity index (χ0v) is 12.0. The van der Waals surface area contributed by atoms with Crippen molar-refractivity contribution in [1.29, 1.82) is 0 Å². The molecule has 2 heterocycles. The molecule has 1 aromatic rings. The predicted octanol–water partition coefficient (Wildman–Crippen LogP) is -0.232. The Kier molecular flexibility index (Phi) is 4.93. The highest BCUT2D eigenvalue weighted by atomic mass is 16.5. The minimum absolute atomic E-state index is 0.389. The van der Waals surface area contributed by atoms with Gasteiger partial charge in [-0.15, -0.1) is 0 Å². The summed E-state index contributed by atoms with van der Waals surface area (Å²) < 4.78 is 7.06. The van der Waals surface area contributed by atoms with Gasteiger partial charge < -0.3 is 14.7 Å². The number of ether oxygens (including phenoxy) is 1.